The standard InChI is InChI=1S/C20H38N8O/c1-6-9-22-19(29)15-28-10-7-17(8-11-28)25-20(21-2)23-13-18(26(3)4)16-12-24-27(5)14-16/h12,14,17-18H,6-11,13,15H2,1-5H3,(H,22,29)(H2,21,23,25). The first-order chi connectivity index (χ1) is 13.9. The maximum absolute atomic E-state index is 11.9. The van der Waals surface area contributed by atoms with Crippen LogP contribution in [0.5, 0.6) is 0 Å². The highest BCUT2D eigenvalue weighted by molar-refractivity contribution is 5.80. The number of nitrogens with zero attached hydrogens (tertiary/aromatic N) is 5. The molecule has 1 aliphatic rings. The Labute approximate surface area is 174 Å². The van der Waals surface area contributed by atoms with E-state index in [1.807, 2.05) is 17.9 Å². The minimum Gasteiger partial charge on any atom is -0.355 e. The van der Waals surface area contributed by atoms with Crippen LogP contribution in [-0.4, -0.2) is 91.4 Å². The van der Waals surface area contributed by atoms with Gasteiger partial charge in [0.1, 0.15) is 0 Å². The molecule has 1 fully saturated rings. The van der Waals surface area contributed by atoms with Crippen molar-refractivity contribution in [1.29, 1.82) is 0 Å². The maximum Gasteiger partial charge on any atom is 0.234 e. The molecule has 0 aliphatic carbocycles. The van der Waals surface area contributed by atoms with E-state index < -0.39 is 0 Å². The van der Waals surface area contributed by atoms with Gasteiger partial charge in [-0.25, -0.2) is 0 Å². The largest absolute Gasteiger partial charge is 0.355 e. The summed E-state index contributed by atoms with van der Waals surface area (Å²) in [5, 5.41) is 14.2. The lowest BCUT2D eigenvalue weighted by Gasteiger charge is -2.33. The van der Waals surface area contributed by atoms with Crippen LogP contribution in [0.3, 0.4) is 0 Å². The number of likely N-dealkylation sites (N-methyl/N-ethyl adjacent to an activating group) is 1. The lowest BCUT2D eigenvalue weighted by molar-refractivity contribution is -0.122. The lowest BCUT2D eigenvalue weighted by Crippen LogP contribution is -2.51. The maximum atomic E-state index is 11.9. The van der Waals surface area contributed by atoms with Gasteiger partial charge in [0.25, 0.3) is 0 Å². The van der Waals surface area contributed by atoms with Gasteiger partial charge in [0, 0.05) is 58.1 Å². The minimum absolute atomic E-state index is 0.126. The Morgan fingerprint density at radius 2 is 2.07 bits per heavy atom. The van der Waals surface area contributed by atoms with E-state index in [-0.39, 0.29) is 11.9 Å². The van der Waals surface area contributed by atoms with E-state index in [0.29, 0.717) is 12.6 Å². The molecule has 1 atom stereocenters. The molecule has 1 saturated heterocycles. The summed E-state index contributed by atoms with van der Waals surface area (Å²) in [5.74, 6) is 0.945. The zero-order valence-electron chi connectivity index (χ0n) is 18.6. The molecule has 29 heavy (non-hydrogen) atoms. The molecular weight excluding hydrogens is 368 g/mol. The third-order valence-corrected chi connectivity index (χ3v) is 5.29. The third-order valence-electron chi connectivity index (χ3n) is 5.29. The van der Waals surface area contributed by atoms with Gasteiger partial charge in [0.15, 0.2) is 5.96 Å². The fourth-order valence-electron chi connectivity index (χ4n) is 3.55. The van der Waals surface area contributed by atoms with Gasteiger partial charge in [0.05, 0.1) is 18.8 Å². The molecule has 1 aliphatic heterocycles. The van der Waals surface area contributed by atoms with Gasteiger partial charge < -0.3 is 20.9 Å². The van der Waals surface area contributed by atoms with Crippen LogP contribution < -0.4 is 16.0 Å². The van der Waals surface area contributed by atoms with Crippen molar-refractivity contribution in [2.45, 2.75) is 38.3 Å². The predicted molar refractivity (Wildman–Crippen MR) is 117 cm³/mol. The summed E-state index contributed by atoms with van der Waals surface area (Å²) in [6, 6.07) is 0.582. The molecule has 1 unspecified atom stereocenters. The molecule has 9 heteroatoms. The van der Waals surface area contributed by atoms with Crippen LogP contribution in [0, 0.1) is 0 Å². The van der Waals surface area contributed by atoms with Gasteiger partial charge in [-0.05, 0) is 33.4 Å². The van der Waals surface area contributed by atoms with Crippen molar-refractivity contribution >= 4 is 11.9 Å². The fourth-order valence-corrected chi connectivity index (χ4v) is 3.55. The summed E-state index contributed by atoms with van der Waals surface area (Å²) in [7, 11) is 7.88. The number of carbonyl (C=O) groups is 1. The number of nitrogens with one attached hydrogen (secondary N) is 3. The molecule has 3 N–H and O–H groups in total. The Balaban J connectivity index is 1.77. The molecule has 1 amide bonds. The molecular formula is C20H38N8O. The van der Waals surface area contributed by atoms with Crippen LogP contribution in [0.25, 0.3) is 0 Å². The number of amides is 1. The summed E-state index contributed by atoms with van der Waals surface area (Å²) < 4.78 is 1.83. The Hall–Kier alpha value is -2.13. The molecule has 164 valence electrons. The number of hydrogen-bond acceptors (Lipinski definition) is 5. The fraction of sp³-hybridized carbons (Fsp3) is 0.750. The van der Waals surface area contributed by atoms with E-state index in [9.17, 15) is 4.79 Å². The van der Waals surface area contributed by atoms with Crippen molar-refractivity contribution in [3.05, 3.63) is 18.0 Å². The Kier molecular flexibility index (Phi) is 9.40. The van der Waals surface area contributed by atoms with Gasteiger partial charge in [-0.3, -0.25) is 19.4 Å². The van der Waals surface area contributed by atoms with E-state index in [1.165, 1.54) is 5.56 Å². The van der Waals surface area contributed by atoms with Crippen molar-refractivity contribution in [3.8, 4) is 0 Å². The topological polar surface area (TPSA) is 89.8 Å². The summed E-state index contributed by atoms with van der Waals surface area (Å²) in [6.07, 6.45) is 6.94. The number of aryl methyl sites for hydroxylation is 1. The van der Waals surface area contributed by atoms with Crippen molar-refractivity contribution in [2.24, 2.45) is 12.0 Å². The first-order valence-electron chi connectivity index (χ1n) is 10.5. The SMILES string of the molecule is CCCNC(=O)CN1CCC(NC(=NC)NCC(c2cnn(C)c2)N(C)C)CC1. The quantitative estimate of drug-likeness (QED) is 0.400. The molecule has 0 saturated carbocycles. The first kappa shape index (κ1) is 23.2. The Bertz CT molecular complexity index is 649. The zero-order chi connectivity index (χ0) is 21.2. The van der Waals surface area contributed by atoms with Crippen LogP contribution in [0.4, 0.5) is 0 Å². The highest BCUT2D eigenvalue weighted by Crippen LogP contribution is 2.16. The van der Waals surface area contributed by atoms with Gasteiger partial charge in [0.2, 0.25) is 5.91 Å². The highest BCUT2D eigenvalue weighted by Gasteiger charge is 2.22. The zero-order valence-corrected chi connectivity index (χ0v) is 18.6. The number of aliphatic imine (C=N–C) groups is 1. The number of rotatable bonds is 9. The molecule has 1 aromatic heterocycles. The van der Waals surface area contributed by atoms with Crippen LogP contribution in [0.15, 0.2) is 17.4 Å². The number of aromatic nitrogens is 2. The van der Waals surface area contributed by atoms with Crippen LogP contribution in [0.2, 0.25) is 0 Å². The molecule has 0 aromatic carbocycles. The normalized spacial score (nSPS) is 17.4. The number of likely N-dealkylation sites (tertiary alicyclic amines) is 1. The average Bonchev–Trinajstić information content (AvgIpc) is 3.12. The second kappa shape index (κ2) is 11.8. The van der Waals surface area contributed by atoms with Crippen LogP contribution in [-0.2, 0) is 11.8 Å². The molecule has 0 spiro atoms. The summed E-state index contributed by atoms with van der Waals surface area (Å²) in [6.45, 7) is 5.90. The monoisotopic (exact) mass is 406 g/mol. The summed E-state index contributed by atoms with van der Waals surface area (Å²) >= 11 is 0. The molecule has 0 radical (unpaired) electrons. The minimum atomic E-state index is 0.126. The number of guanidine groups is 1. The predicted octanol–water partition coefficient (Wildman–Crippen LogP) is 0.178. The van der Waals surface area contributed by atoms with Crippen LogP contribution in [0.1, 0.15) is 37.8 Å². The highest BCUT2D eigenvalue weighted by atomic mass is 16.2. The van der Waals surface area contributed by atoms with E-state index >= 15 is 0 Å². The van der Waals surface area contributed by atoms with E-state index in [0.717, 1.165) is 51.4 Å². The molecule has 2 heterocycles. The van der Waals surface area contributed by atoms with Gasteiger partial charge >= 0.3 is 0 Å². The lowest BCUT2D eigenvalue weighted by atomic mass is 10.1. The number of piperidine rings is 1. The van der Waals surface area contributed by atoms with Crippen molar-refractivity contribution in [2.75, 3.05) is 53.9 Å². The summed E-state index contributed by atoms with van der Waals surface area (Å²) in [5.41, 5.74) is 1.18. The van der Waals surface area contributed by atoms with Crippen molar-refractivity contribution in [3.63, 3.8) is 0 Å². The molecule has 0 bridgehead atoms. The van der Waals surface area contributed by atoms with Gasteiger partial charge in [-0.1, -0.05) is 6.92 Å². The van der Waals surface area contributed by atoms with E-state index in [4.69, 9.17) is 0 Å². The van der Waals surface area contributed by atoms with Crippen LogP contribution >= 0.6 is 0 Å². The van der Waals surface area contributed by atoms with E-state index in [1.54, 1.807) is 7.05 Å². The molecule has 1 aromatic rings. The number of hydrogen-bond donors (Lipinski definition) is 3. The Morgan fingerprint density at radius 1 is 1.34 bits per heavy atom. The van der Waals surface area contributed by atoms with Gasteiger partial charge in [-0.2, -0.15) is 5.10 Å². The second-order valence-corrected chi connectivity index (χ2v) is 7.92. The molecule has 2 rings (SSSR count). The Morgan fingerprint density at radius 3 is 2.62 bits per heavy atom. The number of carbonyl (C=O) groups excluding carboxylic acids is 1. The average molecular weight is 407 g/mol. The first-order valence-corrected chi connectivity index (χ1v) is 10.5. The van der Waals surface area contributed by atoms with E-state index in [2.05, 4.69) is 63.1 Å². The van der Waals surface area contributed by atoms with Crippen molar-refractivity contribution in [1.82, 2.24) is 35.5 Å². The summed E-state index contributed by atoms with van der Waals surface area (Å²) in [4.78, 5) is 20.7. The smallest absolute Gasteiger partial charge is 0.234 e. The van der Waals surface area contributed by atoms with Crippen molar-refractivity contribution < 1.29 is 4.79 Å². The third kappa shape index (κ3) is 7.66. The molecule has 9 nitrogen and oxygen atoms in total. The van der Waals surface area contributed by atoms with Gasteiger partial charge in [-0.15, -0.1) is 0 Å². The second-order valence-electron chi connectivity index (χ2n) is 7.92.